The van der Waals surface area contributed by atoms with Crippen molar-refractivity contribution in [3.63, 3.8) is 0 Å². The smallest absolute Gasteiger partial charge is 0.416 e. The first-order chi connectivity index (χ1) is 7.39. The molecule has 0 aromatic heterocycles. The molecule has 88 valence electrons. The number of ether oxygens (including phenoxy) is 1. The minimum Gasteiger partial charge on any atom is -0.493 e. The average Bonchev–Trinajstić information content (AvgIpc) is 2.58. The van der Waals surface area contributed by atoms with Gasteiger partial charge in [0.1, 0.15) is 5.75 Å². The Balaban J connectivity index is 2.41. The zero-order valence-electron chi connectivity index (χ0n) is 8.58. The molecule has 5 heteroatoms. The maximum atomic E-state index is 12.5. The van der Waals surface area contributed by atoms with E-state index >= 15 is 0 Å². The zero-order chi connectivity index (χ0) is 11.9. The summed E-state index contributed by atoms with van der Waals surface area (Å²) in [4.78, 5) is 0. The molecule has 1 aromatic rings. The third kappa shape index (κ3) is 1.87. The normalized spacial score (nSPS) is 21.4. The van der Waals surface area contributed by atoms with Crippen LogP contribution in [0.3, 0.4) is 0 Å². The Morgan fingerprint density at radius 3 is 2.69 bits per heavy atom. The van der Waals surface area contributed by atoms with E-state index in [9.17, 15) is 18.3 Å². The van der Waals surface area contributed by atoms with Gasteiger partial charge in [0.2, 0.25) is 0 Å². The summed E-state index contributed by atoms with van der Waals surface area (Å²) >= 11 is 0. The number of fused-ring (bicyclic) bond motifs is 1. The van der Waals surface area contributed by atoms with Crippen molar-refractivity contribution in [2.45, 2.75) is 25.1 Å². The summed E-state index contributed by atoms with van der Waals surface area (Å²) in [7, 11) is 0. The van der Waals surface area contributed by atoms with Crippen molar-refractivity contribution in [1.29, 1.82) is 0 Å². The van der Waals surface area contributed by atoms with Crippen molar-refractivity contribution >= 4 is 0 Å². The molecule has 0 aliphatic carbocycles. The van der Waals surface area contributed by atoms with Crippen LogP contribution < -0.4 is 4.74 Å². The van der Waals surface area contributed by atoms with Crippen LogP contribution in [0.2, 0.25) is 0 Å². The molecule has 16 heavy (non-hydrogen) atoms. The molecular formula is C11H11F3O2. The highest BCUT2D eigenvalue weighted by molar-refractivity contribution is 5.44. The Hall–Kier alpha value is -1.23. The topological polar surface area (TPSA) is 29.5 Å². The van der Waals surface area contributed by atoms with Crippen molar-refractivity contribution in [2.24, 2.45) is 0 Å². The number of rotatable bonds is 1. The van der Waals surface area contributed by atoms with E-state index in [2.05, 4.69) is 0 Å². The molecular weight excluding hydrogens is 221 g/mol. The van der Waals surface area contributed by atoms with E-state index in [-0.39, 0.29) is 12.5 Å². The van der Waals surface area contributed by atoms with E-state index in [4.69, 9.17) is 4.74 Å². The molecule has 1 N–H and O–H groups in total. The number of alkyl halides is 3. The molecule has 0 fully saturated rings. The summed E-state index contributed by atoms with van der Waals surface area (Å²) in [5.74, 6) is 0.0520. The highest BCUT2D eigenvalue weighted by Crippen LogP contribution is 2.40. The molecule has 1 heterocycles. The molecule has 2 rings (SSSR count). The summed E-state index contributed by atoms with van der Waals surface area (Å²) < 4.78 is 42.7. The van der Waals surface area contributed by atoms with Gasteiger partial charge in [-0.25, -0.2) is 0 Å². The first-order valence-electron chi connectivity index (χ1n) is 4.91. The van der Waals surface area contributed by atoms with Crippen molar-refractivity contribution in [2.75, 3.05) is 6.61 Å². The minimum absolute atomic E-state index is 0.230. The number of benzene rings is 1. The van der Waals surface area contributed by atoms with Crippen molar-refractivity contribution in [3.8, 4) is 5.75 Å². The predicted molar refractivity (Wildman–Crippen MR) is 51.4 cm³/mol. The van der Waals surface area contributed by atoms with Gasteiger partial charge in [0, 0.05) is 11.5 Å². The van der Waals surface area contributed by atoms with Gasteiger partial charge >= 0.3 is 6.18 Å². The largest absolute Gasteiger partial charge is 0.493 e. The first-order valence-corrected chi connectivity index (χ1v) is 4.91. The lowest BCUT2D eigenvalue weighted by Crippen LogP contribution is -2.16. The number of halogens is 3. The lowest BCUT2D eigenvalue weighted by molar-refractivity contribution is -0.137. The van der Waals surface area contributed by atoms with E-state index in [1.54, 1.807) is 6.92 Å². The first kappa shape index (κ1) is 11.3. The van der Waals surface area contributed by atoms with Crippen molar-refractivity contribution in [1.82, 2.24) is 0 Å². The van der Waals surface area contributed by atoms with Crippen LogP contribution in [0.1, 0.15) is 24.0 Å². The van der Waals surface area contributed by atoms with Gasteiger partial charge in [0.15, 0.2) is 0 Å². The van der Waals surface area contributed by atoms with Gasteiger partial charge in [0.25, 0.3) is 0 Å². The second kappa shape index (κ2) is 3.66. The number of aliphatic hydroxyl groups is 1. The van der Waals surface area contributed by atoms with Gasteiger partial charge in [-0.2, -0.15) is 13.2 Å². The lowest BCUT2D eigenvalue weighted by Gasteiger charge is -2.13. The molecule has 0 bridgehead atoms. The van der Waals surface area contributed by atoms with Crippen molar-refractivity contribution < 1.29 is 23.0 Å². The summed E-state index contributed by atoms with van der Waals surface area (Å²) in [6.07, 6.45) is -5.08. The SMILES string of the molecule is CC(O)C1COc2ccc(C(F)(F)F)cc21. The van der Waals surface area contributed by atoms with E-state index in [1.807, 2.05) is 0 Å². The molecule has 0 saturated heterocycles. The highest BCUT2D eigenvalue weighted by Gasteiger charge is 2.35. The van der Waals surface area contributed by atoms with Gasteiger partial charge in [-0.3, -0.25) is 0 Å². The lowest BCUT2D eigenvalue weighted by atomic mass is 9.95. The summed E-state index contributed by atoms with van der Waals surface area (Å²) in [6.45, 7) is 1.78. The molecule has 2 atom stereocenters. The molecule has 0 radical (unpaired) electrons. The zero-order valence-corrected chi connectivity index (χ0v) is 8.58. The van der Waals surface area contributed by atoms with Gasteiger partial charge in [-0.1, -0.05) is 0 Å². The second-order valence-corrected chi connectivity index (χ2v) is 3.91. The second-order valence-electron chi connectivity index (χ2n) is 3.91. The van der Waals surface area contributed by atoms with Crippen molar-refractivity contribution in [3.05, 3.63) is 29.3 Å². The number of hydrogen-bond donors (Lipinski definition) is 1. The van der Waals surface area contributed by atoms with Crippen LogP contribution in [-0.4, -0.2) is 17.8 Å². The average molecular weight is 232 g/mol. The maximum absolute atomic E-state index is 12.5. The maximum Gasteiger partial charge on any atom is 0.416 e. The Morgan fingerprint density at radius 1 is 1.44 bits per heavy atom. The molecule has 1 aliphatic heterocycles. The molecule has 1 aliphatic rings. The van der Waals surface area contributed by atoms with Crippen LogP contribution in [0.5, 0.6) is 5.75 Å². The summed E-state index contributed by atoms with van der Waals surface area (Å²) in [6, 6.07) is 3.35. The summed E-state index contributed by atoms with van der Waals surface area (Å²) in [5.41, 5.74) is -0.271. The Labute approximate surface area is 90.7 Å². The predicted octanol–water partition coefficient (Wildman–Crippen LogP) is 2.56. The third-order valence-corrected chi connectivity index (χ3v) is 2.74. The standard InChI is InChI=1S/C11H11F3O2/c1-6(15)9-5-16-10-3-2-7(4-8(9)10)11(12,13)14/h2-4,6,9,15H,5H2,1H3. The van der Waals surface area contributed by atoms with E-state index in [1.165, 1.54) is 6.07 Å². The Kier molecular flexibility index (Phi) is 2.58. The molecule has 0 saturated carbocycles. The summed E-state index contributed by atoms with van der Waals surface area (Å²) in [5, 5.41) is 9.43. The molecule has 1 aromatic carbocycles. The molecule has 0 amide bonds. The highest BCUT2D eigenvalue weighted by atomic mass is 19.4. The third-order valence-electron chi connectivity index (χ3n) is 2.74. The van der Waals surface area contributed by atoms with Gasteiger partial charge < -0.3 is 9.84 Å². The molecule has 2 nitrogen and oxygen atoms in total. The van der Waals surface area contributed by atoms with E-state index in [0.29, 0.717) is 11.3 Å². The quantitative estimate of drug-likeness (QED) is 0.806. The van der Waals surface area contributed by atoms with Crippen LogP contribution in [0.15, 0.2) is 18.2 Å². The molecule has 2 unspecified atom stereocenters. The van der Waals surface area contributed by atoms with Gasteiger partial charge in [-0.05, 0) is 25.1 Å². The fraction of sp³-hybridized carbons (Fsp3) is 0.455. The van der Waals surface area contributed by atoms with Crippen LogP contribution in [0.25, 0.3) is 0 Å². The van der Waals surface area contributed by atoms with Crippen LogP contribution >= 0.6 is 0 Å². The monoisotopic (exact) mass is 232 g/mol. The fourth-order valence-electron chi connectivity index (χ4n) is 1.81. The number of hydrogen-bond acceptors (Lipinski definition) is 2. The Bertz CT molecular complexity index is 399. The number of aliphatic hydroxyl groups excluding tert-OH is 1. The molecule has 0 spiro atoms. The van der Waals surface area contributed by atoms with Gasteiger partial charge in [-0.15, -0.1) is 0 Å². The van der Waals surface area contributed by atoms with Crippen LogP contribution in [-0.2, 0) is 6.18 Å². The van der Waals surface area contributed by atoms with Gasteiger partial charge in [0.05, 0.1) is 18.3 Å². The van der Waals surface area contributed by atoms with E-state index in [0.717, 1.165) is 12.1 Å². The Morgan fingerprint density at radius 2 is 2.12 bits per heavy atom. The minimum atomic E-state index is -4.36. The van der Waals surface area contributed by atoms with Crippen LogP contribution in [0, 0.1) is 0 Å². The van der Waals surface area contributed by atoms with Crippen LogP contribution in [0.4, 0.5) is 13.2 Å². The fourth-order valence-corrected chi connectivity index (χ4v) is 1.81. The van der Waals surface area contributed by atoms with E-state index < -0.39 is 17.8 Å².